The van der Waals surface area contributed by atoms with Crippen molar-refractivity contribution in [2.75, 3.05) is 0 Å². The van der Waals surface area contributed by atoms with Crippen molar-refractivity contribution in [3.05, 3.63) is 29.6 Å². The average Bonchev–Trinajstić information content (AvgIpc) is 1.94. The molecule has 10 heavy (non-hydrogen) atoms. The lowest BCUT2D eigenvalue weighted by atomic mass is 10.2. The monoisotopic (exact) mass is 141 g/mol. The van der Waals surface area contributed by atoms with E-state index in [0.717, 1.165) is 5.56 Å². The number of halogens is 1. The number of hydrogen-bond acceptors (Lipinski definition) is 2. The van der Waals surface area contributed by atoms with Crippen molar-refractivity contribution in [1.82, 2.24) is 0 Å². The van der Waals surface area contributed by atoms with Crippen LogP contribution in [0.1, 0.15) is 5.56 Å². The molecule has 0 atom stereocenters. The Morgan fingerprint density at radius 3 is 2.70 bits per heavy atom. The van der Waals surface area contributed by atoms with Crippen LogP contribution in [0.5, 0.6) is 5.75 Å². The van der Waals surface area contributed by atoms with Crippen molar-refractivity contribution in [3.63, 3.8) is 0 Å². The summed E-state index contributed by atoms with van der Waals surface area (Å²) in [6.07, 6.45) is 0. The Morgan fingerprint density at radius 2 is 2.20 bits per heavy atom. The van der Waals surface area contributed by atoms with Gasteiger partial charge in [0, 0.05) is 6.07 Å². The standard InChI is InChI=1S/C7H8FNO/c1-5-2-3-6(8)4-7(5)10-9/h2-4H,9H2,1H3. The van der Waals surface area contributed by atoms with Gasteiger partial charge in [0.2, 0.25) is 0 Å². The molecule has 0 aromatic heterocycles. The number of nitrogens with two attached hydrogens (primary N) is 1. The van der Waals surface area contributed by atoms with Gasteiger partial charge in [-0.1, -0.05) is 6.07 Å². The van der Waals surface area contributed by atoms with Gasteiger partial charge in [-0.15, -0.1) is 0 Å². The predicted octanol–water partition coefficient (Wildman–Crippen LogP) is 1.39. The van der Waals surface area contributed by atoms with Crippen LogP contribution in [0.2, 0.25) is 0 Å². The molecule has 3 heteroatoms. The maximum absolute atomic E-state index is 12.4. The Morgan fingerprint density at radius 1 is 1.50 bits per heavy atom. The molecule has 0 bridgehead atoms. The van der Waals surface area contributed by atoms with E-state index in [1.54, 1.807) is 13.0 Å². The molecule has 2 N–H and O–H groups in total. The molecular formula is C7H8FNO. The first-order chi connectivity index (χ1) is 4.74. The van der Waals surface area contributed by atoms with Gasteiger partial charge in [-0.3, -0.25) is 0 Å². The summed E-state index contributed by atoms with van der Waals surface area (Å²) in [5, 5.41) is 0. The van der Waals surface area contributed by atoms with Gasteiger partial charge in [0.1, 0.15) is 5.82 Å². The summed E-state index contributed by atoms with van der Waals surface area (Å²) in [5.41, 5.74) is 0.823. The molecule has 0 unspecified atom stereocenters. The molecule has 1 rings (SSSR count). The third kappa shape index (κ3) is 1.25. The largest absolute Gasteiger partial charge is 0.411 e. The Hall–Kier alpha value is -1.09. The number of aryl methyl sites for hydroxylation is 1. The van der Waals surface area contributed by atoms with E-state index in [9.17, 15) is 4.39 Å². The maximum atomic E-state index is 12.4. The average molecular weight is 141 g/mol. The fraction of sp³-hybridized carbons (Fsp3) is 0.143. The zero-order valence-corrected chi connectivity index (χ0v) is 5.60. The van der Waals surface area contributed by atoms with Crippen LogP contribution in [-0.2, 0) is 0 Å². The second-order valence-corrected chi connectivity index (χ2v) is 2.03. The van der Waals surface area contributed by atoms with Crippen LogP contribution in [0.15, 0.2) is 18.2 Å². The Kier molecular flexibility index (Phi) is 1.87. The van der Waals surface area contributed by atoms with Gasteiger partial charge in [0.05, 0.1) is 0 Å². The molecular weight excluding hydrogens is 133 g/mol. The topological polar surface area (TPSA) is 35.2 Å². The Balaban J connectivity index is 3.09. The third-order valence-corrected chi connectivity index (χ3v) is 1.28. The summed E-state index contributed by atoms with van der Waals surface area (Å²) in [6, 6.07) is 4.21. The molecule has 0 spiro atoms. The van der Waals surface area contributed by atoms with Gasteiger partial charge < -0.3 is 4.84 Å². The molecule has 0 aliphatic heterocycles. The lowest BCUT2D eigenvalue weighted by Gasteiger charge is -2.00. The molecule has 1 aromatic carbocycles. The van der Waals surface area contributed by atoms with Crippen molar-refractivity contribution in [2.45, 2.75) is 6.92 Å². The zero-order valence-electron chi connectivity index (χ0n) is 5.60. The minimum Gasteiger partial charge on any atom is -0.411 e. The maximum Gasteiger partial charge on any atom is 0.152 e. The van der Waals surface area contributed by atoms with E-state index in [1.807, 2.05) is 0 Å². The van der Waals surface area contributed by atoms with Crippen molar-refractivity contribution in [3.8, 4) is 5.75 Å². The van der Waals surface area contributed by atoms with Gasteiger partial charge in [-0.05, 0) is 18.6 Å². The first-order valence-corrected chi connectivity index (χ1v) is 2.87. The first-order valence-electron chi connectivity index (χ1n) is 2.87. The third-order valence-electron chi connectivity index (χ3n) is 1.28. The highest BCUT2D eigenvalue weighted by Crippen LogP contribution is 2.16. The Labute approximate surface area is 58.4 Å². The van der Waals surface area contributed by atoms with E-state index < -0.39 is 0 Å². The lowest BCUT2D eigenvalue weighted by Crippen LogP contribution is -2.03. The van der Waals surface area contributed by atoms with Crippen LogP contribution in [0.4, 0.5) is 4.39 Å². The molecule has 0 radical (unpaired) electrons. The van der Waals surface area contributed by atoms with Crippen molar-refractivity contribution >= 4 is 0 Å². The highest BCUT2D eigenvalue weighted by Gasteiger charge is 1.98. The van der Waals surface area contributed by atoms with Crippen LogP contribution in [0, 0.1) is 12.7 Å². The van der Waals surface area contributed by atoms with Crippen molar-refractivity contribution in [2.24, 2.45) is 5.90 Å². The molecule has 0 saturated heterocycles. The minimum atomic E-state index is -0.342. The lowest BCUT2D eigenvalue weighted by molar-refractivity contribution is 0.330. The van der Waals surface area contributed by atoms with Crippen LogP contribution in [0.25, 0.3) is 0 Å². The van der Waals surface area contributed by atoms with E-state index in [-0.39, 0.29) is 5.82 Å². The van der Waals surface area contributed by atoms with Gasteiger partial charge in [0.25, 0.3) is 0 Å². The zero-order chi connectivity index (χ0) is 7.56. The second kappa shape index (κ2) is 2.66. The van der Waals surface area contributed by atoms with Gasteiger partial charge in [-0.25, -0.2) is 4.39 Å². The summed E-state index contributed by atoms with van der Waals surface area (Å²) >= 11 is 0. The van der Waals surface area contributed by atoms with E-state index in [2.05, 4.69) is 4.84 Å². The van der Waals surface area contributed by atoms with Gasteiger partial charge >= 0.3 is 0 Å². The van der Waals surface area contributed by atoms with Crippen LogP contribution in [-0.4, -0.2) is 0 Å². The van der Waals surface area contributed by atoms with Crippen molar-refractivity contribution in [1.29, 1.82) is 0 Å². The van der Waals surface area contributed by atoms with E-state index >= 15 is 0 Å². The molecule has 1 aromatic rings. The number of benzene rings is 1. The minimum absolute atomic E-state index is 0.342. The highest BCUT2D eigenvalue weighted by molar-refractivity contribution is 5.32. The highest BCUT2D eigenvalue weighted by atomic mass is 19.1. The van der Waals surface area contributed by atoms with Crippen LogP contribution < -0.4 is 10.7 Å². The molecule has 0 heterocycles. The summed E-state index contributed by atoms with van der Waals surface area (Å²) < 4.78 is 12.4. The molecule has 54 valence electrons. The van der Waals surface area contributed by atoms with Crippen LogP contribution in [0.3, 0.4) is 0 Å². The fourth-order valence-corrected chi connectivity index (χ4v) is 0.701. The Bertz CT molecular complexity index is 237. The molecule has 0 saturated carbocycles. The predicted molar refractivity (Wildman–Crippen MR) is 36.0 cm³/mol. The number of rotatable bonds is 1. The van der Waals surface area contributed by atoms with E-state index in [1.165, 1.54) is 12.1 Å². The van der Waals surface area contributed by atoms with Crippen LogP contribution >= 0.6 is 0 Å². The summed E-state index contributed by atoms with van der Waals surface area (Å²) in [7, 11) is 0. The quantitative estimate of drug-likeness (QED) is 0.600. The molecule has 0 fully saturated rings. The van der Waals surface area contributed by atoms with E-state index in [4.69, 9.17) is 5.90 Å². The molecule has 0 aliphatic carbocycles. The normalized spacial score (nSPS) is 9.50. The molecule has 2 nitrogen and oxygen atoms in total. The summed E-state index contributed by atoms with van der Waals surface area (Å²) in [5.74, 6) is 4.89. The SMILES string of the molecule is Cc1ccc(F)cc1ON. The molecule has 0 amide bonds. The summed E-state index contributed by atoms with van der Waals surface area (Å²) in [4.78, 5) is 4.39. The van der Waals surface area contributed by atoms with Crippen molar-refractivity contribution < 1.29 is 9.23 Å². The second-order valence-electron chi connectivity index (χ2n) is 2.03. The van der Waals surface area contributed by atoms with E-state index in [0.29, 0.717) is 5.75 Å². The number of hydrogen-bond donors (Lipinski definition) is 1. The van der Waals surface area contributed by atoms with Gasteiger partial charge in [0.15, 0.2) is 5.75 Å². The molecule has 0 aliphatic rings. The first kappa shape index (κ1) is 7.02. The smallest absolute Gasteiger partial charge is 0.152 e. The summed E-state index contributed by atoms with van der Waals surface area (Å²) in [6.45, 7) is 1.79. The fourth-order valence-electron chi connectivity index (χ4n) is 0.701. The van der Waals surface area contributed by atoms with Gasteiger partial charge in [-0.2, -0.15) is 5.90 Å².